The Morgan fingerprint density at radius 2 is 1.91 bits per heavy atom. The minimum Gasteiger partial charge on any atom is -0.335 e. The van der Waals surface area contributed by atoms with Crippen molar-refractivity contribution in [1.29, 1.82) is 0 Å². The highest BCUT2D eigenvalue weighted by Gasteiger charge is 2.30. The summed E-state index contributed by atoms with van der Waals surface area (Å²) in [5.41, 5.74) is 3.60. The van der Waals surface area contributed by atoms with Gasteiger partial charge >= 0.3 is 5.69 Å². The Balaban J connectivity index is 1.47. The molecule has 2 heterocycles. The van der Waals surface area contributed by atoms with Gasteiger partial charge in [-0.25, -0.2) is 0 Å². The first-order chi connectivity index (χ1) is 15.3. The molecule has 1 aromatic heterocycles. The Labute approximate surface area is 191 Å². The molecule has 0 aliphatic carbocycles. The number of hydrogen-bond donors (Lipinski definition) is 0. The molecule has 1 saturated heterocycles. The number of amides is 1. The van der Waals surface area contributed by atoms with Crippen LogP contribution in [0.4, 0.5) is 5.69 Å². The van der Waals surface area contributed by atoms with E-state index in [0.717, 1.165) is 42.0 Å². The van der Waals surface area contributed by atoms with E-state index < -0.39 is 4.92 Å². The van der Waals surface area contributed by atoms with E-state index in [1.54, 1.807) is 18.5 Å². The molecule has 166 valence electrons. The zero-order valence-corrected chi connectivity index (χ0v) is 18.9. The first kappa shape index (κ1) is 22.0. The number of aryl methyl sites for hydroxylation is 1. The Morgan fingerprint density at radius 1 is 1.19 bits per heavy atom. The third kappa shape index (κ3) is 4.39. The van der Waals surface area contributed by atoms with E-state index in [4.69, 9.17) is 11.6 Å². The SMILES string of the molecule is Cc1nn(Cc2ccc(C(=O)N3CCCC3Cc3ccccc3Cl)cc2)c(C)c1[N+](=O)[O-]. The molecule has 0 spiro atoms. The summed E-state index contributed by atoms with van der Waals surface area (Å²) in [4.78, 5) is 25.9. The second kappa shape index (κ2) is 9.12. The van der Waals surface area contributed by atoms with Crippen LogP contribution in [0.15, 0.2) is 48.5 Å². The van der Waals surface area contributed by atoms with Crippen molar-refractivity contribution in [3.05, 3.63) is 91.7 Å². The minimum absolute atomic E-state index is 0.0212. The summed E-state index contributed by atoms with van der Waals surface area (Å²) < 4.78 is 1.63. The second-order valence-electron chi connectivity index (χ2n) is 8.22. The molecule has 32 heavy (non-hydrogen) atoms. The van der Waals surface area contributed by atoms with E-state index in [9.17, 15) is 14.9 Å². The molecule has 1 atom stereocenters. The highest BCUT2D eigenvalue weighted by molar-refractivity contribution is 6.31. The zero-order valence-electron chi connectivity index (χ0n) is 18.1. The fourth-order valence-electron chi connectivity index (χ4n) is 4.43. The number of carbonyl (C=O) groups is 1. The predicted molar refractivity (Wildman–Crippen MR) is 123 cm³/mol. The fourth-order valence-corrected chi connectivity index (χ4v) is 4.64. The van der Waals surface area contributed by atoms with Gasteiger partial charge in [-0.15, -0.1) is 0 Å². The molecule has 1 aliphatic rings. The molecule has 7 nitrogen and oxygen atoms in total. The largest absolute Gasteiger partial charge is 0.335 e. The summed E-state index contributed by atoms with van der Waals surface area (Å²) in [6, 6.07) is 15.3. The summed E-state index contributed by atoms with van der Waals surface area (Å²) in [5, 5.41) is 16.2. The van der Waals surface area contributed by atoms with Crippen LogP contribution >= 0.6 is 11.6 Å². The van der Waals surface area contributed by atoms with E-state index in [1.165, 1.54) is 0 Å². The summed E-state index contributed by atoms with van der Waals surface area (Å²) in [7, 11) is 0. The quantitative estimate of drug-likeness (QED) is 0.391. The topological polar surface area (TPSA) is 81.3 Å². The van der Waals surface area contributed by atoms with Crippen molar-refractivity contribution in [1.82, 2.24) is 14.7 Å². The number of carbonyl (C=O) groups excluding carboxylic acids is 1. The number of aromatic nitrogens is 2. The Hall–Kier alpha value is -3.19. The van der Waals surface area contributed by atoms with Crippen LogP contribution in [0.3, 0.4) is 0 Å². The molecule has 1 fully saturated rings. The van der Waals surface area contributed by atoms with Crippen molar-refractivity contribution < 1.29 is 9.72 Å². The third-order valence-electron chi connectivity index (χ3n) is 6.11. The van der Waals surface area contributed by atoms with Crippen LogP contribution in [0.5, 0.6) is 0 Å². The number of nitrogens with zero attached hydrogens (tertiary/aromatic N) is 4. The van der Waals surface area contributed by atoms with Crippen LogP contribution < -0.4 is 0 Å². The summed E-state index contributed by atoms with van der Waals surface area (Å²) in [6.45, 7) is 4.49. The molecular weight excluding hydrogens is 428 g/mol. The van der Waals surface area contributed by atoms with Gasteiger partial charge in [0.1, 0.15) is 11.4 Å². The molecule has 8 heteroatoms. The minimum atomic E-state index is -0.398. The molecule has 0 bridgehead atoms. The lowest BCUT2D eigenvalue weighted by molar-refractivity contribution is -0.386. The molecule has 2 aromatic carbocycles. The van der Waals surface area contributed by atoms with Crippen molar-refractivity contribution in [3.8, 4) is 0 Å². The smallest absolute Gasteiger partial charge is 0.312 e. The Morgan fingerprint density at radius 3 is 2.56 bits per heavy atom. The lowest BCUT2D eigenvalue weighted by atomic mass is 10.0. The monoisotopic (exact) mass is 452 g/mol. The number of nitro groups is 1. The van der Waals surface area contributed by atoms with Crippen LogP contribution in [0.2, 0.25) is 5.02 Å². The number of rotatable bonds is 6. The van der Waals surface area contributed by atoms with Crippen LogP contribution in [0.25, 0.3) is 0 Å². The molecule has 0 saturated carbocycles. The Bertz CT molecular complexity index is 1160. The van der Waals surface area contributed by atoms with Crippen molar-refractivity contribution in [2.75, 3.05) is 6.54 Å². The third-order valence-corrected chi connectivity index (χ3v) is 6.48. The van der Waals surface area contributed by atoms with E-state index in [-0.39, 0.29) is 17.6 Å². The van der Waals surface area contributed by atoms with Crippen LogP contribution in [0.1, 0.15) is 45.7 Å². The normalized spacial score (nSPS) is 15.8. The number of benzene rings is 2. The van der Waals surface area contributed by atoms with Crippen LogP contribution in [-0.2, 0) is 13.0 Å². The van der Waals surface area contributed by atoms with Gasteiger partial charge in [0.05, 0.1) is 11.5 Å². The first-order valence-corrected chi connectivity index (χ1v) is 11.0. The maximum absolute atomic E-state index is 13.2. The number of halogens is 1. The lowest BCUT2D eigenvalue weighted by Crippen LogP contribution is -2.36. The number of hydrogen-bond acceptors (Lipinski definition) is 4. The standard InChI is InChI=1S/C24H25ClN4O3/c1-16-23(29(31)32)17(2)28(26-16)15-18-9-11-19(12-10-18)24(30)27-13-5-7-21(27)14-20-6-3-4-8-22(20)25/h3-4,6,8-12,21H,5,7,13-15H2,1-2H3. The van der Waals surface area contributed by atoms with Gasteiger partial charge in [0.15, 0.2) is 0 Å². The number of likely N-dealkylation sites (tertiary alicyclic amines) is 1. The molecule has 1 aliphatic heterocycles. The Kier molecular flexibility index (Phi) is 6.28. The zero-order chi connectivity index (χ0) is 22.8. The highest BCUT2D eigenvalue weighted by Crippen LogP contribution is 2.27. The molecule has 0 N–H and O–H groups in total. The van der Waals surface area contributed by atoms with Gasteiger partial charge in [-0.05, 0) is 62.4 Å². The van der Waals surface area contributed by atoms with Crippen molar-refractivity contribution in [2.45, 2.75) is 45.7 Å². The summed E-state index contributed by atoms with van der Waals surface area (Å²) in [5.74, 6) is 0.0212. The van der Waals surface area contributed by atoms with Gasteiger partial charge in [0.2, 0.25) is 0 Å². The van der Waals surface area contributed by atoms with Gasteiger partial charge in [-0.3, -0.25) is 19.6 Å². The van der Waals surface area contributed by atoms with Crippen molar-refractivity contribution in [2.24, 2.45) is 0 Å². The highest BCUT2D eigenvalue weighted by atomic mass is 35.5. The van der Waals surface area contributed by atoms with Crippen molar-refractivity contribution in [3.63, 3.8) is 0 Å². The van der Waals surface area contributed by atoms with E-state index in [2.05, 4.69) is 5.10 Å². The summed E-state index contributed by atoms with van der Waals surface area (Å²) >= 11 is 6.32. The molecule has 1 unspecified atom stereocenters. The predicted octanol–water partition coefficient (Wildman–Crippen LogP) is 4.96. The lowest BCUT2D eigenvalue weighted by Gasteiger charge is -2.25. The van der Waals surface area contributed by atoms with Gasteiger partial charge < -0.3 is 4.90 Å². The van der Waals surface area contributed by atoms with Crippen LogP contribution in [-0.4, -0.2) is 38.1 Å². The average Bonchev–Trinajstić information content (AvgIpc) is 3.33. The molecule has 3 aromatic rings. The second-order valence-corrected chi connectivity index (χ2v) is 8.63. The molecular formula is C24H25ClN4O3. The molecule has 1 amide bonds. The van der Waals surface area contributed by atoms with E-state index in [1.807, 2.05) is 53.4 Å². The fraction of sp³-hybridized carbons (Fsp3) is 0.333. The van der Waals surface area contributed by atoms with Gasteiger partial charge in [0, 0.05) is 23.2 Å². The van der Waals surface area contributed by atoms with Crippen molar-refractivity contribution >= 4 is 23.2 Å². The molecule has 4 rings (SSSR count). The summed E-state index contributed by atoms with van der Waals surface area (Å²) in [6.07, 6.45) is 2.70. The average molecular weight is 453 g/mol. The van der Waals surface area contributed by atoms with Gasteiger partial charge in [-0.2, -0.15) is 5.10 Å². The van der Waals surface area contributed by atoms with E-state index in [0.29, 0.717) is 23.5 Å². The first-order valence-electron chi connectivity index (χ1n) is 10.7. The maximum Gasteiger partial charge on any atom is 0.312 e. The van der Waals surface area contributed by atoms with Crippen LogP contribution in [0, 0.1) is 24.0 Å². The molecule has 0 radical (unpaired) electrons. The maximum atomic E-state index is 13.2. The van der Waals surface area contributed by atoms with E-state index >= 15 is 0 Å². The van der Waals surface area contributed by atoms with Gasteiger partial charge in [0.25, 0.3) is 5.91 Å². The van der Waals surface area contributed by atoms with Gasteiger partial charge in [-0.1, -0.05) is 41.9 Å².